The molecule has 1 amide bonds. The fraction of sp³-hybridized carbons (Fsp3) is 0.839. The topological polar surface area (TPSA) is 119 Å². The molecular formula is C31H52N2O5S. The molecule has 3 aliphatic rings. The molecule has 0 saturated heterocycles. The molecule has 39 heavy (non-hydrogen) atoms. The van der Waals surface area contributed by atoms with Crippen LogP contribution >= 0.6 is 11.8 Å². The molecular weight excluding hydrogens is 512 g/mol. The summed E-state index contributed by atoms with van der Waals surface area (Å²) in [6.45, 7) is 20.7. The molecule has 0 spiro atoms. The standard InChI is InChI=1S/C31H52N2O5S/c1-10-29(8)15-22(38-23(35)16-39-28(6,7)17-33-27(37)24(32)18(2)3)30(9)19(4)11-13-31(20(5)26(29)36)14-12-21(34)25(30)31/h10,18-20,22,24-26,36H,1,11-17,32H2,2-9H3,(H,33,37)/t19?,20-,22+,24?,25?,26-,29+,30-,31-/m0/s1. The van der Waals surface area contributed by atoms with Crippen molar-refractivity contribution in [2.24, 2.45) is 45.7 Å². The maximum absolute atomic E-state index is 13.5. The Labute approximate surface area is 239 Å². The van der Waals surface area contributed by atoms with Gasteiger partial charge < -0.3 is 20.9 Å². The number of hydrogen-bond donors (Lipinski definition) is 3. The summed E-state index contributed by atoms with van der Waals surface area (Å²) >= 11 is 1.43. The quantitative estimate of drug-likeness (QED) is 0.279. The van der Waals surface area contributed by atoms with Crippen molar-refractivity contribution >= 4 is 29.4 Å². The van der Waals surface area contributed by atoms with Gasteiger partial charge in [-0.2, -0.15) is 0 Å². The number of thioether (sulfide) groups is 1. The summed E-state index contributed by atoms with van der Waals surface area (Å²) in [5.74, 6) is -0.243. The molecule has 7 nitrogen and oxygen atoms in total. The maximum Gasteiger partial charge on any atom is 0.316 e. The van der Waals surface area contributed by atoms with Crippen molar-refractivity contribution in [3.63, 3.8) is 0 Å². The minimum absolute atomic E-state index is 0.0382. The number of hydrogen-bond acceptors (Lipinski definition) is 7. The largest absolute Gasteiger partial charge is 0.461 e. The van der Waals surface area contributed by atoms with E-state index in [1.54, 1.807) is 0 Å². The van der Waals surface area contributed by atoms with Crippen LogP contribution in [0.15, 0.2) is 12.7 Å². The Balaban J connectivity index is 1.82. The van der Waals surface area contributed by atoms with Crippen LogP contribution in [0.25, 0.3) is 0 Å². The molecule has 3 unspecified atom stereocenters. The average Bonchev–Trinajstić information content (AvgIpc) is 3.24. The molecule has 3 fully saturated rings. The third kappa shape index (κ3) is 5.85. The number of carbonyl (C=O) groups is 3. The lowest BCUT2D eigenvalue weighted by molar-refractivity contribution is -0.205. The Morgan fingerprint density at radius 3 is 2.51 bits per heavy atom. The van der Waals surface area contributed by atoms with Gasteiger partial charge in [-0.05, 0) is 62.7 Å². The predicted molar refractivity (Wildman–Crippen MR) is 157 cm³/mol. The van der Waals surface area contributed by atoms with E-state index >= 15 is 0 Å². The molecule has 0 aromatic heterocycles. The third-order valence-corrected chi connectivity index (χ3v) is 12.2. The van der Waals surface area contributed by atoms with Crippen LogP contribution in [0, 0.1) is 39.9 Å². The van der Waals surface area contributed by atoms with E-state index < -0.39 is 33.8 Å². The minimum Gasteiger partial charge on any atom is -0.461 e. The highest BCUT2D eigenvalue weighted by Gasteiger charge is 2.68. The summed E-state index contributed by atoms with van der Waals surface area (Å²) in [6.07, 6.45) is 4.17. The van der Waals surface area contributed by atoms with Gasteiger partial charge in [0.2, 0.25) is 5.91 Å². The molecule has 222 valence electrons. The van der Waals surface area contributed by atoms with Crippen molar-refractivity contribution in [3.8, 4) is 0 Å². The number of amides is 1. The molecule has 4 N–H and O–H groups in total. The number of aliphatic hydroxyl groups excluding tert-OH is 1. The highest BCUT2D eigenvalue weighted by atomic mass is 32.2. The van der Waals surface area contributed by atoms with E-state index in [9.17, 15) is 19.5 Å². The van der Waals surface area contributed by atoms with Crippen molar-refractivity contribution in [3.05, 3.63) is 12.7 Å². The van der Waals surface area contributed by atoms with E-state index in [1.807, 2.05) is 40.7 Å². The number of Topliss-reactive ketones (excluding diaryl/α,β-unsaturated/α-hetero) is 1. The van der Waals surface area contributed by atoms with Crippen molar-refractivity contribution in [1.29, 1.82) is 0 Å². The SMILES string of the molecule is C=C[C@]1(C)C[C@@H](OC(=O)CSC(C)(C)CNC(=O)C(N)C(C)C)[C@]2(C)C(C)CC[C@]3(CCC(=O)C32)[C@@H](C)[C@@H]1O. The lowest BCUT2D eigenvalue weighted by Crippen LogP contribution is -2.63. The van der Waals surface area contributed by atoms with Crippen molar-refractivity contribution in [2.45, 2.75) is 110 Å². The van der Waals surface area contributed by atoms with E-state index in [4.69, 9.17) is 10.5 Å². The summed E-state index contributed by atoms with van der Waals surface area (Å²) in [6, 6.07) is -0.573. The summed E-state index contributed by atoms with van der Waals surface area (Å²) < 4.78 is 5.92. The molecule has 3 aliphatic carbocycles. The molecule has 0 heterocycles. The van der Waals surface area contributed by atoms with Crippen LogP contribution in [0.4, 0.5) is 0 Å². The van der Waals surface area contributed by atoms with Gasteiger partial charge in [-0.15, -0.1) is 18.3 Å². The number of ketones is 1. The molecule has 0 aromatic carbocycles. The van der Waals surface area contributed by atoms with Crippen molar-refractivity contribution < 1.29 is 24.2 Å². The Morgan fingerprint density at radius 1 is 1.28 bits per heavy atom. The second-order valence-electron chi connectivity index (χ2n) is 14.1. The summed E-state index contributed by atoms with van der Waals surface area (Å²) in [4.78, 5) is 39.2. The number of ether oxygens (including phenoxy) is 1. The fourth-order valence-electron chi connectivity index (χ4n) is 7.72. The second kappa shape index (κ2) is 11.5. The molecule has 3 rings (SSSR count). The van der Waals surface area contributed by atoms with Crippen LogP contribution in [0.1, 0.15) is 87.5 Å². The van der Waals surface area contributed by atoms with Crippen LogP contribution in [0.2, 0.25) is 0 Å². The number of aliphatic hydroxyl groups is 1. The molecule has 8 heteroatoms. The number of nitrogens with two attached hydrogens (primary N) is 1. The Hall–Kier alpha value is -1.38. The zero-order chi connectivity index (χ0) is 29.6. The van der Waals surface area contributed by atoms with Crippen LogP contribution in [0.5, 0.6) is 0 Å². The first-order valence-electron chi connectivity index (χ1n) is 14.7. The van der Waals surface area contributed by atoms with Gasteiger partial charge in [0.05, 0.1) is 17.9 Å². The first-order chi connectivity index (χ1) is 17.9. The van der Waals surface area contributed by atoms with Crippen LogP contribution < -0.4 is 11.1 Å². The lowest BCUT2D eigenvalue weighted by Gasteiger charge is -2.61. The van der Waals surface area contributed by atoms with Crippen molar-refractivity contribution in [1.82, 2.24) is 5.32 Å². The molecule has 0 aromatic rings. The lowest BCUT2D eigenvalue weighted by atomic mass is 9.44. The Bertz CT molecular complexity index is 969. The van der Waals surface area contributed by atoms with Gasteiger partial charge in [-0.25, -0.2) is 0 Å². The predicted octanol–water partition coefficient (Wildman–Crippen LogP) is 4.50. The number of nitrogens with one attached hydrogen (secondary N) is 1. The molecule has 9 atom stereocenters. The van der Waals surface area contributed by atoms with Gasteiger partial charge in [-0.3, -0.25) is 14.4 Å². The highest BCUT2D eigenvalue weighted by molar-refractivity contribution is 8.01. The number of carbonyl (C=O) groups excluding carboxylic acids is 3. The molecule has 2 bridgehead atoms. The normalized spacial score (nSPS) is 39.4. The zero-order valence-electron chi connectivity index (χ0n) is 25.3. The van der Waals surface area contributed by atoms with Gasteiger partial charge in [0, 0.05) is 34.5 Å². The Morgan fingerprint density at radius 2 is 1.92 bits per heavy atom. The van der Waals surface area contributed by atoms with Gasteiger partial charge in [-0.1, -0.05) is 47.6 Å². The van der Waals surface area contributed by atoms with E-state index in [0.717, 1.165) is 19.3 Å². The fourth-order valence-corrected chi connectivity index (χ4v) is 8.47. The number of esters is 1. The van der Waals surface area contributed by atoms with E-state index in [1.165, 1.54) is 11.8 Å². The Kier molecular flexibility index (Phi) is 9.46. The molecule has 0 aliphatic heterocycles. The van der Waals surface area contributed by atoms with Crippen LogP contribution in [-0.2, 0) is 19.1 Å². The average molecular weight is 565 g/mol. The highest BCUT2D eigenvalue weighted by Crippen LogP contribution is 2.68. The second-order valence-corrected chi connectivity index (χ2v) is 15.8. The molecule has 3 saturated carbocycles. The van der Waals surface area contributed by atoms with E-state index in [0.29, 0.717) is 19.4 Å². The van der Waals surface area contributed by atoms with Gasteiger partial charge in [0.1, 0.15) is 11.9 Å². The smallest absolute Gasteiger partial charge is 0.316 e. The van der Waals surface area contributed by atoms with Crippen LogP contribution in [-0.4, -0.2) is 58.1 Å². The van der Waals surface area contributed by atoms with Gasteiger partial charge in [0.15, 0.2) is 0 Å². The maximum atomic E-state index is 13.5. The van der Waals surface area contributed by atoms with Gasteiger partial charge in [0.25, 0.3) is 0 Å². The summed E-state index contributed by atoms with van der Waals surface area (Å²) in [5.41, 5.74) is 4.49. The first-order valence-corrected chi connectivity index (χ1v) is 15.6. The first kappa shape index (κ1) is 32.1. The van der Waals surface area contributed by atoms with E-state index in [-0.39, 0.29) is 52.5 Å². The summed E-state index contributed by atoms with van der Waals surface area (Å²) in [5, 5.41) is 14.6. The third-order valence-electron chi connectivity index (χ3n) is 10.9. The number of rotatable bonds is 9. The monoisotopic (exact) mass is 564 g/mol. The zero-order valence-corrected chi connectivity index (χ0v) is 26.2. The van der Waals surface area contributed by atoms with Crippen LogP contribution in [0.3, 0.4) is 0 Å². The van der Waals surface area contributed by atoms with E-state index in [2.05, 4.69) is 32.7 Å². The van der Waals surface area contributed by atoms with Gasteiger partial charge >= 0.3 is 5.97 Å². The van der Waals surface area contributed by atoms with Crippen molar-refractivity contribution in [2.75, 3.05) is 12.3 Å². The minimum atomic E-state index is -0.684. The molecule has 0 radical (unpaired) electrons. The summed E-state index contributed by atoms with van der Waals surface area (Å²) in [7, 11) is 0.